The zero-order valence-corrected chi connectivity index (χ0v) is 12.3. The van der Waals surface area contributed by atoms with Gasteiger partial charge in [0.1, 0.15) is 10.3 Å². The molecule has 1 N–H and O–H groups in total. The Labute approximate surface area is 114 Å². The van der Waals surface area contributed by atoms with E-state index >= 15 is 0 Å². The first-order chi connectivity index (χ1) is 8.54. The Morgan fingerprint density at radius 1 is 1.28 bits per heavy atom. The molecule has 0 fully saturated rings. The molecule has 0 aliphatic carbocycles. The number of H-pyrrole nitrogens is 1. The molecule has 1 aromatic carbocycles. The van der Waals surface area contributed by atoms with Gasteiger partial charge < -0.3 is 4.98 Å². The maximum atomic E-state index is 11.9. The normalized spacial score (nSPS) is 10.7. The molecule has 3 nitrogen and oxygen atoms in total. The van der Waals surface area contributed by atoms with Crippen molar-refractivity contribution in [2.45, 2.75) is 27.2 Å². The van der Waals surface area contributed by atoms with Gasteiger partial charge in [0.25, 0.3) is 5.56 Å². The summed E-state index contributed by atoms with van der Waals surface area (Å²) >= 11 is 3.28. The van der Waals surface area contributed by atoms with Gasteiger partial charge >= 0.3 is 0 Å². The van der Waals surface area contributed by atoms with Crippen LogP contribution in [-0.2, 0) is 6.42 Å². The van der Waals surface area contributed by atoms with Crippen LogP contribution >= 0.6 is 15.9 Å². The highest BCUT2D eigenvalue weighted by Crippen LogP contribution is 2.24. The lowest BCUT2D eigenvalue weighted by molar-refractivity contribution is 0.967. The van der Waals surface area contributed by atoms with Crippen molar-refractivity contribution in [3.63, 3.8) is 0 Å². The maximum Gasteiger partial charge on any atom is 0.265 e. The van der Waals surface area contributed by atoms with Gasteiger partial charge in [-0.25, -0.2) is 4.98 Å². The topological polar surface area (TPSA) is 45.8 Å². The summed E-state index contributed by atoms with van der Waals surface area (Å²) in [6.07, 6.45) is 0.725. The first-order valence-corrected chi connectivity index (χ1v) is 6.69. The van der Waals surface area contributed by atoms with Crippen molar-refractivity contribution in [3.8, 4) is 11.4 Å². The number of nitrogens with one attached hydrogen (secondary N) is 1. The Morgan fingerprint density at radius 2 is 1.89 bits per heavy atom. The first kappa shape index (κ1) is 13.0. The molecule has 0 radical (unpaired) electrons. The van der Waals surface area contributed by atoms with E-state index in [0.29, 0.717) is 10.3 Å². The number of aromatic nitrogens is 2. The zero-order chi connectivity index (χ0) is 13.3. The van der Waals surface area contributed by atoms with E-state index in [0.717, 1.165) is 28.8 Å². The number of benzene rings is 1. The van der Waals surface area contributed by atoms with E-state index in [1.807, 2.05) is 39.0 Å². The number of halogens is 1. The molecular weight excluding hydrogens is 292 g/mol. The van der Waals surface area contributed by atoms with Gasteiger partial charge in [-0.3, -0.25) is 4.79 Å². The molecule has 2 aromatic rings. The molecule has 0 atom stereocenters. The van der Waals surface area contributed by atoms with Crippen LogP contribution in [0.15, 0.2) is 27.5 Å². The van der Waals surface area contributed by atoms with E-state index in [1.165, 1.54) is 0 Å². The van der Waals surface area contributed by atoms with Crippen molar-refractivity contribution < 1.29 is 0 Å². The van der Waals surface area contributed by atoms with Crippen molar-refractivity contribution in [1.82, 2.24) is 9.97 Å². The first-order valence-electron chi connectivity index (χ1n) is 5.89. The van der Waals surface area contributed by atoms with Crippen LogP contribution in [0.25, 0.3) is 11.4 Å². The fraction of sp³-hybridized carbons (Fsp3) is 0.286. The predicted molar refractivity (Wildman–Crippen MR) is 76.8 cm³/mol. The predicted octanol–water partition coefficient (Wildman–Crippen LogP) is 3.38. The number of nitrogens with zero attached hydrogens (tertiary/aromatic N) is 1. The summed E-state index contributed by atoms with van der Waals surface area (Å²) < 4.78 is 0.528. The fourth-order valence-electron chi connectivity index (χ4n) is 2.05. The zero-order valence-electron chi connectivity index (χ0n) is 10.7. The van der Waals surface area contributed by atoms with Crippen molar-refractivity contribution in [3.05, 3.63) is 49.8 Å². The molecule has 0 spiro atoms. The molecule has 0 aliphatic rings. The van der Waals surface area contributed by atoms with Crippen LogP contribution in [0.1, 0.15) is 23.7 Å². The summed E-state index contributed by atoms with van der Waals surface area (Å²) in [4.78, 5) is 19.2. The number of rotatable bonds is 2. The van der Waals surface area contributed by atoms with Gasteiger partial charge in [0, 0.05) is 5.56 Å². The van der Waals surface area contributed by atoms with Crippen molar-refractivity contribution >= 4 is 15.9 Å². The Balaban J connectivity index is 2.73. The smallest absolute Gasteiger partial charge is 0.265 e. The summed E-state index contributed by atoms with van der Waals surface area (Å²) in [5, 5.41) is 0. The third-order valence-corrected chi connectivity index (χ3v) is 3.80. The van der Waals surface area contributed by atoms with Gasteiger partial charge in [0.05, 0.1) is 5.69 Å². The monoisotopic (exact) mass is 306 g/mol. The molecule has 0 saturated heterocycles. The van der Waals surface area contributed by atoms with Crippen LogP contribution in [0, 0.1) is 13.8 Å². The minimum atomic E-state index is -0.125. The molecule has 0 saturated carbocycles. The van der Waals surface area contributed by atoms with Gasteiger partial charge in [-0.15, -0.1) is 0 Å². The van der Waals surface area contributed by atoms with E-state index in [4.69, 9.17) is 0 Å². The van der Waals surface area contributed by atoms with E-state index in [2.05, 4.69) is 25.9 Å². The molecule has 18 heavy (non-hydrogen) atoms. The molecule has 0 unspecified atom stereocenters. The summed E-state index contributed by atoms with van der Waals surface area (Å²) in [6.45, 7) is 6.03. The molecule has 0 aliphatic heterocycles. The Morgan fingerprint density at radius 3 is 2.44 bits per heavy atom. The van der Waals surface area contributed by atoms with Crippen LogP contribution < -0.4 is 5.56 Å². The molecule has 2 rings (SSSR count). The second-order valence-electron chi connectivity index (χ2n) is 4.30. The lowest BCUT2D eigenvalue weighted by Crippen LogP contribution is -2.14. The van der Waals surface area contributed by atoms with Gasteiger partial charge in [-0.1, -0.05) is 25.1 Å². The van der Waals surface area contributed by atoms with Crippen LogP contribution in [0.2, 0.25) is 0 Å². The molecule has 1 heterocycles. The lowest BCUT2D eigenvalue weighted by atomic mass is 10.0. The van der Waals surface area contributed by atoms with Crippen LogP contribution in [0.5, 0.6) is 0 Å². The molecule has 0 amide bonds. The Kier molecular flexibility index (Phi) is 3.66. The van der Waals surface area contributed by atoms with Gasteiger partial charge in [-0.2, -0.15) is 0 Å². The molecule has 1 aromatic heterocycles. The minimum Gasteiger partial charge on any atom is -0.306 e. The van der Waals surface area contributed by atoms with E-state index in [-0.39, 0.29) is 5.56 Å². The van der Waals surface area contributed by atoms with Gasteiger partial charge in [0.2, 0.25) is 0 Å². The highest BCUT2D eigenvalue weighted by molar-refractivity contribution is 9.10. The summed E-state index contributed by atoms with van der Waals surface area (Å²) in [7, 11) is 0. The van der Waals surface area contributed by atoms with Gasteiger partial charge in [-0.05, 0) is 47.3 Å². The molecule has 94 valence electrons. The SMILES string of the molecule is CCc1nc(-c2c(C)cccc2C)[nH]c(=O)c1Br. The van der Waals surface area contributed by atoms with Crippen molar-refractivity contribution in [2.75, 3.05) is 0 Å². The van der Waals surface area contributed by atoms with Crippen LogP contribution in [0.3, 0.4) is 0 Å². The second kappa shape index (κ2) is 5.06. The second-order valence-corrected chi connectivity index (χ2v) is 5.09. The lowest BCUT2D eigenvalue weighted by Gasteiger charge is -2.10. The Hall–Kier alpha value is -1.42. The number of hydrogen-bond acceptors (Lipinski definition) is 2. The van der Waals surface area contributed by atoms with E-state index in [1.54, 1.807) is 0 Å². The highest BCUT2D eigenvalue weighted by atomic mass is 79.9. The highest BCUT2D eigenvalue weighted by Gasteiger charge is 2.12. The number of aryl methyl sites for hydroxylation is 3. The average Bonchev–Trinajstić information content (AvgIpc) is 2.33. The summed E-state index contributed by atoms with van der Waals surface area (Å²) in [5.41, 5.74) is 3.90. The largest absolute Gasteiger partial charge is 0.306 e. The number of hydrogen-bond donors (Lipinski definition) is 1. The van der Waals surface area contributed by atoms with Gasteiger partial charge in [0.15, 0.2) is 0 Å². The maximum absolute atomic E-state index is 11.9. The van der Waals surface area contributed by atoms with Crippen LogP contribution in [-0.4, -0.2) is 9.97 Å². The van der Waals surface area contributed by atoms with Crippen molar-refractivity contribution in [1.29, 1.82) is 0 Å². The molecule has 4 heteroatoms. The summed E-state index contributed by atoms with van der Waals surface area (Å²) in [6, 6.07) is 6.05. The Bertz CT molecular complexity index is 626. The molecule has 0 bridgehead atoms. The van der Waals surface area contributed by atoms with Crippen molar-refractivity contribution in [2.24, 2.45) is 0 Å². The third kappa shape index (κ3) is 2.25. The third-order valence-electron chi connectivity index (χ3n) is 2.98. The minimum absolute atomic E-state index is 0.125. The van der Waals surface area contributed by atoms with E-state index in [9.17, 15) is 4.79 Å². The average molecular weight is 307 g/mol. The fourth-order valence-corrected chi connectivity index (χ4v) is 2.51. The quantitative estimate of drug-likeness (QED) is 0.924. The molecular formula is C14H15BrN2O. The summed E-state index contributed by atoms with van der Waals surface area (Å²) in [5.74, 6) is 0.649. The van der Waals surface area contributed by atoms with E-state index < -0.39 is 0 Å². The van der Waals surface area contributed by atoms with Crippen LogP contribution in [0.4, 0.5) is 0 Å². The standard InChI is InChI=1S/C14H15BrN2O/c1-4-10-12(15)14(18)17-13(16-10)11-8(2)6-5-7-9(11)3/h5-7H,4H2,1-3H3,(H,16,17,18). The number of aromatic amines is 1.